The van der Waals surface area contributed by atoms with E-state index in [1.807, 2.05) is 25.1 Å². The van der Waals surface area contributed by atoms with Gasteiger partial charge in [-0.2, -0.15) is 4.31 Å². The van der Waals surface area contributed by atoms with Crippen molar-refractivity contribution in [3.8, 4) is 0 Å². The third-order valence-electron chi connectivity index (χ3n) is 5.40. The van der Waals surface area contributed by atoms with E-state index in [1.165, 1.54) is 50.5 Å². The van der Waals surface area contributed by atoms with Crippen LogP contribution < -0.4 is 5.32 Å². The van der Waals surface area contributed by atoms with Crippen molar-refractivity contribution < 1.29 is 21.6 Å². The van der Waals surface area contributed by atoms with E-state index in [1.54, 1.807) is 18.2 Å². The van der Waals surface area contributed by atoms with Gasteiger partial charge in [0.2, 0.25) is 26.0 Å². The second-order valence-electron chi connectivity index (χ2n) is 8.42. The zero-order valence-corrected chi connectivity index (χ0v) is 22.6. The van der Waals surface area contributed by atoms with Crippen molar-refractivity contribution in [1.82, 2.24) is 13.9 Å². The molecule has 1 N–H and O–H groups in total. The third kappa shape index (κ3) is 6.92. The van der Waals surface area contributed by atoms with Crippen LogP contribution in [0.2, 0.25) is 5.02 Å². The van der Waals surface area contributed by atoms with E-state index in [4.69, 9.17) is 11.6 Å². The maximum absolute atomic E-state index is 13.4. The molecule has 0 atom stereocenters. The van der Waals surface area contributed by atoms with Gasteiger partial charge in [0.1, 0.15) is 0 Å². The number of sulfonamides is 2. The molecule has 0 bridgehead atoms. The molecule has 0 heterocycles. The average molecular weight is 550 g/mol. The van der Waals surface area contributed by atoms with E-state index in [0.717, 1.165) is 19.7 Å². The molecule has 0 aromatic heterocycles. The Labute approximate surface area is 217 Å². The summed E-state index contributed by atoms with van der Waals surface area (Å²) < 4.78 is 53.4. The lowest BCUT2D eigenvalue weighted by Gasteiger charge is -2.22. The lowest BCUT2D eigenvalue weighted by molar-refractivity contribution is -0.121. The number of amides is 1. The summed E-state index contributed by atoms with van der Waals surface area (Å²) in [5, 5.41) is 3.12. The van der Waals surface area contributed by atoms with Crippen molar-refractivity contribution in [2.75, 3.05) is 20.6 Å². The molecule has 8 nitrogen and oxygen atoms in total. The minimum Gasteiger partial charge on any atom is -0.351 e. The van der Waals surface area contributed by atoms with Gasteiger partial charge in [-0.1, -0.05) is 53.6 Å². The van der Waals surface area contributed by atoms with E-state index >= 15 is 0 Å². The van der Waals surface area contributed by atoms with Crippen molar-refractivity contribution in [3.63, 3.8) is 0 Å². The zero-order chi connectivity index (χ0) is 26.5. The van der Waals surface area contributed by atoms with Crippen LogP contribution in [0.15, 0.2) is 82.6 Å². The number of nitrogens with one attached hydrogen (secondary N) is 1. The topological polar surface area (TPSA) is 104 Å². The molecule has 0 saturated heterocycles. The summed E-state index contributed by atoms with van der Waals surface area (Å²) in [6.07, 6.45) is 0. The van der Waals surface area contributed by atoms with Crippen LogP contribution in [0.4, 0.5) is 0 Å². The summed E-state index contributed by atoms with van der Waals surface area (Å²) >= 11 is 5.91. The van der Waals surface area contributed by atoms with Crippen LogP contribution in [0.25, 0.3) is 0 Å². The highest BCUT2D eigenvalue weighted by Crippen LogP contribution is 2.21. The highest BCUT2D eigenvalue weighted by Gasteiger charge is 2.27. The highest BCUT2D eigenvalue weighted by atomic mass is 35.5. The number of halogens is 1. The van der Waals surface area contributed by atoms with Gasteiger partial charge in [-0.25, -0.2) is 21.1 Å². The van der Waals surface area contributed by atoms with Crippen molar-refractivity contribution in [2.24, 2.45) is 0 Å². The summed E-state index contributed by atoms with van der Waals surface area (Å²) in [5.41, 5.74) is 2.39. The largest absolute Gasteiger partial charge is 0.351 e. The second kappa shape index (κ2) is 11.5. The van der Waals surface area contributed by atoms with Crippen molar-refractivity contribution >= 4 is 37.6 Å². The quantitative estimate of drug-likeness (QED) is 0.417. The zero-order valence-electron chi connectivity index (χ0n) is 20.2. The van der Waals surface area contributed by atoms with Gasteiger partial charge in [0.15, 0.2) is 0 Å². The summed E-state index contributed by atoms with van der Waals surface area (Å²) in [7, 11) is -4.65. The molecule has 3 aromatic rings. The predicted octanol–water partition coefficient (Wildman–Crippen LogP) is 3.41. The molecule has 0 saturated carbocycles. The summed E-state index contributed by atoms with van der Waals surface area (Å²) in [6.45, 7) is 1.63. The van der Waals surface area contributed by atoms with Crippen LogP contribution >= 0.6 is 11.6 Å². The number of aryl methyl sites for hydroxylation is 1. The Morgan fingerprint density at radius 3 is 2.00 bits per heavy atom. The molecule has 11 heteroatoms. The van der Waals surface area contributed by atoms with Gasteiger partial charge in [-0.05, 0) is 54.4 Å². The summed E-state index contributed by atoms with van der Waals surface area (Å²) in [4.78, 5) is 13.0. The second-order valence-corrected chi connectivity index (χ2v) is 13.0. The lowest BCUT2D eigenvalue weighted by atomic mass is 10.1. The Kier molecular flexibility index (Phi) is 8.91. The molecule has 36 heavy (non-hydrogen) atoms. The molecule has 3 rings (SSSR count). The maximum Gasteiger partial charge on any atom is 0.243 e. The van der Waals surface area contributed by atoms with Crippen LogP contribution in [0.3, 0.4) is 0 Å². The van der Waals surface area contributed by atoms with Crippen molar-refractivity contribution in [2.45, 2.75) is 29.8 Å². The van der Waals surface area contributed by atoms with Gasteiger partial charge in [-0.3, -0.25) is 4.79 Å². The summed E-state index contributed by atoms with van der Waals surface area (Å²) in [5.74, 6) is -0.495. The first-order valence-corrected chi connectivity index (χ1v) is 14.2. The normalized spacial score (nSPS) is 12.2. The molecule has 3 aromatic carbocycles. The minimum absolute atomic E-state index is 0.0111. The molecule has 0 fully saturated rings. The SMILES string of the molecule is Cc1cccc(CN(CC(=O)NCc2ccc(S(=O)(=O)N(C)C)cc2)S(=O)(=O)c2ccc(Cl)cc2)c1. The number of hydrogen-bond acceptors (Lipinski definition) is 5. The Morgan fingerprint density at radius 1 is 0.833 bits per heavy atom. The molecule has 192 valence electrons. The van der Waals surface area contributed by atoms with Gasteiger partial charge in [0.25, 0.3) is 0 Å². The third-order valence-corrected chi connectivity index (χ3v) is 9.29. The minimum atomic E-state index is -3.99. The molecule has 0 radical (unpaired) electrons. The number of rotatable bonds is 10. The fourth-order valence-corrected chi connectivity index (χ4v) is 5.81. The van der Waals surface area contributed by atoms with E-state index < -0.39 is 32.5 Å². The smallest absolute Gasteiger partial charge is 0.243 e. The maximum atomic E-state index is 13.4. The van der Waals surface area contributed by atoms with Crippen molar-refractivity contribution in [3.05, 3.63) is 94.5 Å². The number of hydrogen-bond donors (Lipinski definition) is 1. The predicted molar refractivity (Wildman–Crippen MR) is 139 cm³/mol. The number of carbonyl (C=O) groups is 1. The number of carbonyl (C=O) groups excluding carboxylic acids is 1. The molecular weight excluding hydrogens is 522 g/mol. The Hall–Kier alpha value is -2.76. The highest BCUT2D eigenvalue weighted by molar-refractivity contribution is 7.89. The molecular formula is C25H28ClN3O5S2. The monoisotopic (exact) mass is 549 g/mol. The van der Waals surface area contributed by atoms with Gasteiger partial charge >= 0.3 is 0 Å². The van der Waals surface area contributed by atoms with Crippen LogP contribution in [0, 0.1) is 6.92 Å². The van der Waals surface area contributed by atoms with Gasteiger partial charge < -0.3 is 5.32 Å². The standard InChI is InChI=1S/C25H28ClN3O5S2/c1-19-5-4-6-21(15-19)17-29(36(33,34)24-13-9-22(26)10-14-24)18-25(30)27-16-20-7-11-23(12-8-20)35(31,32)28(2)3/h4-15H,16-18H2,1-3H3,(H,27,30). The van der Waals surface area contributed by atoms with E-state index in [-0.39, 0.29) is 22.9 Å². The average Bonchev–Trinajstić information content (AvgIpc) is 2.83. The Balaban J connectivity index is 1.76. The fraction of sp³-hybridized carbons (Fsp3) is 0.240. The van der Waals surface area contributed by atoms with E-state index in [0.29, 0.717) is 10.6 Å². The van der Waals surface area contributed by atoms with Crippen LogP contribution in [-0.2, 0) is 37.9 Å². The van der Waals surface area contributed by atoms with Crippen LogP contribution in [-0.4, -0.2) is 52.0 Å². The van der Waals surface area contributed by atoms with E-state index in [9.17, 15) is 21.6 Å². The molecule has 0 aliphatic rings. The van der Waals surface area contributed by atoms with Gasteiger partial charge in [0, 0.05) is 32.2 Å². The lowest BCUT2D eigenvalue weighted by Crippen LogP contribution is -2.40. The van der Waals surface area contributed by atoms with Crippen molar-refractivity contribution in [1.29, 1.82) is 0 Å². The fourth-order valence-electron chi connectivity index (χ4n) is 3.40. The van der Waals surface area contributed by atoms with Crippen LogP contribution in [0.1, 0.15) is 16.7 Å². The first kappa shape index (κ1) is 27.8. The Bertz CT molecular complexity index is 1420. The Morgan fingerprint density at radius 2 is 1.42 bits per heavy atom. The number of nitrogens with zero attached hydrogens (tertiary/aromatic N) is 2. The molecule has 0 unspecified atom stereocenters. The van der Waals surface area contributed by atoms with Crippen LogP contribution in [0.5, 0.6) is 0 Å². The molecule has 1 amide bonds. The van der Waals surface area contributed by atoms with Gasteiger partial charge in [-0.15, -0.1) is 0 Å². The molecule has 0 spiro atoms. The molecule has 0 aliphatic carbocycles. The number of benzene rings is 3. The summed E-state index contributed by atoms with van der Waals surface area (Å²) in [6, 6.07) is 19.3. The first-order chi connectivity index (χ1) is 16.9. The van der Waals surface area contributed by atoms with Gasteiger partial charge in [0.05, 0.1) is 16.3 Å². The first-order valence-electron chi connectivity index (χ1n) is 11.0. The molecule has 0 aliphatic heterocycles. The van der Waals surface area contributed by atoms with E-state index in [2.05, 4.69) is 5.32 Å².